The SMILES string of the molecule is COCCC(C)Sc1ncccc1N. The lowest BCUT2D eigenvalue weighted by molar-refractivity contribution is 0.195. The average Bonchev–Trinajstić information content (AvgIpc) is 2.18. The normalized spacial score (nSPS) is 12.7. The number of nitrogens with two attached hydrogens (primary N) is 1. The van der Waals surface area contributed by atoms with Crippen molar-refractivity contribution in [1.82, 2.24) is 4.98 Å². The molecule has 0 aliphatic heterocycles. The fourth-order valence-corrected chi connectivity index (χ4v) is 1.96. The summed E-state index contributed by atoms with van der Waals surface area (Å²) < 4.78 is 5.02. The molecule has 2 N–H and O–H groups in total. The van der Waals surface area contributed by atoms with Crippen LogP contribution in [0, 0.1) is 0 Å². The van der Waals surface area contributed by atoms with Crippen molar-refractivity contribution in [2.45, 2.75) is 23.6 Å². The first kappa shape index (κ1) is 11.3. The van der Waals surface area contributed by atoms with Gasteiger partial charge in [0.05, 0.1) is 5.69 Å². The Hall–Kier alpha value is -0.740. The third-order valence-electron chi connectivity index (χ3n) is 1.84. The molecule has 0 aliphatic carbocycles. The molecule has 0 fully saturated rings. The Morgan fingerprint density at radius 3 is 3.07 bits per heavy atom. The highest BCUT2D eigenvalue weighted by Gasteiger charge is 2.07. The van der Waals surface area contributed by atoms with E-state index in [2.05, 4.69) is 11.9 Å². The molecular formula is C10H16N2OS. The first-order valence-corrected chi connectivity index (χ1v) is 5.48. The Balaban J connectivity index is 2.47. The minimum atomic E-state index is 0.479. The van der Waals surface area contributed by atoms with Gasteiger partial charge in [0, 0.05) is 25.2 Å². The van der Waals surface area contributed by atoms with Gasteiger partial charge in [-0.2, -0.15) is 0 Å². The van der Waals surface area contributed by atoms with Crippen LogP contribution < -0.4 is 5.73 Å². The Morgan fingerprint density at radius 1 is 1.64 bits per heavy atom. The molecule has 0 spiro atoms. The van der Waals surface area contributed by atoms with Crippen LogP contribution >= 0.6 is 11.8 Å². The third-order valence-corrected chi connectivity index (χ3v) is 3.04. The number of hydrogen-bond donors (Lipinski definition) is 1. The number of nitrogen functional groups attached to an aromatic ring is 1. The first-order valence-electron chi connectivity index (χ1n) is 4.60. The van der Waals surface area contributed by atoms with E-state index in [1.807, 2.05) is 12.1 Å². The largest absolute Gasteiger partial charge is 0.397 e. The molecule has 1 aromatic rings. The number of rotatable bonds is 5. The summed E-state index contributed by atoms with van der Waals surface area (Å²) in [6.45, 7) is 2.93. The van der Waals surface area contributed by atoms with Crippen molar-refractivity contribution in [3.05, 3.63) is 18.3 Å². The zero-order valence-electron chi connectivity index (χ0n) is 8.56. The Morgan fingerprint density at radius 2 is 2.43 bits per heavy atom. The van der Waals surface area contributed by atoms with Crippen molar-refractivity contribution in [1.29, 1.82) is 0 Å². The molecule has 0 saturated carbocycles. The van der Waals surface area contributed by atoms with Gasteiger partial charge in [0.1, 0.15) is 5.03 Å². The van der Waals surface area contributed by atoms with Crippen molar-refractivity contribution in [3.8, 4) is 0 Å². The molecule has 0 amide bonds. The van der Waals surface area contributed by atoms with E-state index in [-0.39, 0.29) is 0 Å². The van der Waals surface area contributed by atoms with Crippen molar-refractivity contribution in [2.75, 3.05) is 19.5 Å². The highest BCUT2D eigenvalue weighted by molar-refractivity contribution is 8.00. The first-order chi connectivity index (χ1) is 6.74. The molecule has 1 aromatic heterocycles. The summed E-state index contributed by atoms with van der Waals surface area (Å²) in [5.41, 5.74) is 6.53. The molecule has 0 saturated heterocycles. The molecular weight excluding hydrogens is 196 g/mol. The van der Waals surface area contributed by atoms with Gasteiger partial charge in [-0.1, -0.05) is 6.92 Å². The van der Waals surface area contributed by atoms with E-state index in [9.17, 15) is 0 Å². The van der Waals surface area contributed by atoms with Gasteiger partial charge in [0.15, 0.2) is 0 Å². The maximum absolute atomic E-state index is 5.78. The quantitative estimate of drug-likeness (QED) is 0.760. The Bertz CT molecular complexity index is 281. The summed E-state index contributed by atoms with van der Waals surface area (Å²) in [7, 11) is 1.71. The lowest BCUT2D eigenvalue weighted by atomic mass is 10.3. The van der Waals surface area contributed by atoms with Crippen LogP contribution in [0.1, 0.15) is 13.3 Å². The number of thioether (sulfide) groups is 1. The number of pyridine rings is 1. The summed E-state index contributed by atoms with van der Waals surface area (Å²) in [4.78, 5) is 4.22. The lowest BCUT2D eigenvalue weighted by Crippen LogP contribution is -2.03. The lowest BCUT2D eigenvalue weighted by Gasteiger charge is -2.10. The molecule has 1 unspecified atom stereocenters. The molecule has 0 bridgehead atoms. The fourth-order valence-electron chi connectivity index (χ4n) is 1.04. The van der Waals surface area contributed by atoms with Crippen LogP contribution in [0.15, 0.2) is 23.4 Å². The Kier molecular flexibility index (Phi) is 4.76. The average molecular weight is 212 g/mol. The molecule has 1 atom stereocenters. The predicted octanol–water partition coefficient (Wildman–Crippen LogP) is 2.18. The van der Waals surface area contributed by atoms with Crippen LogP contribution in [-0.2, 0) is 4.74 Å². The smallest absolute Gasteiger partial charge is 0.119 e. The van der Waals surface area contributed by atoms with Crippen LogP contribution in [0.3, 0.4) is 0 Å². The van der Waals surface area contributed by atoms with Crippen molar-refractivity contribution in [3.63, 3.8) is 0 Å². The molecule has 14 heavy (non-hydrogen) atoms. The summed E-state index contributed by atoms with van der Waals surface area (Å²) in [5, 5.41) is 1.39. The second-order valence-electron chi connectivity index (χ2n) is 3.11. The molecule has 1 heterocycles. The number of nitrogens with zero attached hydrogens (tertiary/aromatic N) is 1. The third kappa shape index (κ3) is 3.55. The maximum Gasteiger partial charge on any atom is 0.119 e. The maximum atomic E-state index is 5.78. The summed E-state index contributed by atoms with van der Waals surface area (Å²) in [5.74, 6) is 0. The van der Waals surface area contributed by atoms with E-state index in [1.54, 1.807) is 25.1 Å². The van der Waals surface area contributed by atoms with Crippen LogP contribution in [0.5, 0.6) is 0 Å². The van der Waals surface area contributed by atoms with Crippen LogP contribution in [-0.4, -0.2) is 24.0 Å². The number of anilines is 1. The summed E-state index contributed by atoms with van der Waals surface area (Å²) >= 11 is 1.69. The van der Waals surface area contributed by atoms with Crippen molar-refractivity contribution >= 4 is 17.4 Å². The number of aromatic nitrogens is 1. The monoisotopic (exact) mass is 212 g/mol. The van der Waals surface area contributed by atoms with Crippen LogP contribution in [0.2, 0.25) is 0 Å². The van der Waals surface area contributed by atoms with E-state index in [0.29, 0.717) is 5.25 Å². The molecule has 0 radical (unpaired) electrons. The van der Waals surface area contributed by atoms with Gasteiger partial charge in [-0.25, -0.2) is 4.98 Å². The van der Waals surface area contributed by atoms with Crippen LogP contribution in [0.25, 0.3) is 0 Å². The molecule has 4 heteroatoms. The minimum Gasteiger partial charge on any atom is -0.397 e. The molecule has 0 aromatic carbocycles. The fraction of sp³-hybridized carbons (Fsp3) is 0.500. The van der Waals surface area contributed by atoms with Crippen molar-refractivity contribution < 1.29 is 4.74 Å². The topological polar surface area (TPSA) is 48.1 Å². The molecule has 3 nitrogen and oxygen atoms in total. The standard InChI is InChI=1S/C10H16N2OS/c1-8(5-7-13-2)14-10-9(11)4-3-6-12-10/h3-4,6,8H,5,7,11H2,1-2H3. The highest BCUT2D eigenvalue weighted by Crippen LogP contribution is 2.27. The van der Waals surface area contributed by atoms with Gasteiger partial charge in [-0.15, -0.1) is 11.8 Å². The van der Waals surface area contributed by atoms with Gasteiger partial charge >= 0.3 is 0 Å². The van der Waals surface area contributed by atoms with Crippen LogP contribution in [0.4, 0.5) is 5.69 Å². The second kappa shape index (κ2) is 5.88. The van der Waals surface area contributed by atoms with Gasteiger partial charge < -0.3 is 10.5 Å². The number of methoxy groups -OCH3 is 1. The zero-order chi connectivity index (χ0) is 10.4. The Labute approximate surface area is 89.1 Å². The van der Waals surface area contributed by atoms with E-state index in [1.165, 1.54) is 0 Å². The summed E-state index contributed by atoms with van der Waals surface area (Å²) in [6.07, 6.45) is 2.78. The number of ether oxygens (including phenoxy) is 1. The highest BCUT2D eigenvalue weighted by atomic mass is 32.2. The van der Waals surface area contributed by atoms with Gasteiger partial charge in [-0.05, 0) is 18.6 Å². The van der Waals surface area contributed by atoms with Gasteiger partial charge in [-0.3, -0.25) is 0 Å². The molecule has 0 aliphatic rings. The van der Waals surface area contributed by atoms with E-state index < -0.39 is 0 Å². The molecule has 78 valence electrons. The minimum absolute atomic E-state index is 0.479. The zero-order valence-corrected chi connectivity index (χ0v) is 9.38. The summed E-state index contributed by atoms with van der Waals surface area (Å²) in [6, 6.07) is 3.72. The molecule has 1 rings (SSSR count). The van der Waals surface area contributed by atoms with E-state index >= 15 is 0 Å². The van der Waals surface area contributed by atoms with Crippen molar-refractivity contribution in [2.24, 2.45) is 0 Å². The van der Waals surface area contributed by atoms with E-state index in [0.717, 1.165) is 23.7 Å². The van der Waals surface area contributed by atoms with Gasteiger partial charge in [0.2, 0.25) is 0 Å². The van der Waals surface area contributed by atoms with Gasteiger partial charge in [0.25, 0.3) is 0 Å². The van der Waals surface area contributed by atoms with E-state index in [4.69, 9.17) is 10.5 Å². The number of hydrogen-bond acceptors (Lipinski definition) is 4. The predicted molar refractivity (Wildman–Crippen MR) is 60.5 cm³/mol. The second-order valence-corrected chi connectivity index (χ2v) is 4.53.